The van der Waals surface area contributed by atoms with Gasteiger partial charge < -0.3 is 24.9 Å². The van der Waals surface area contributed by atoms with Crippen molar-refractivity contribution in [1.82, 2.24) is 24.5 Å². The van der Waals surface area contributed by atoms with E-state index in [1.54, 1.807) is 11.1 Å². The molecule has 63 heavy (non-hydrogen) atoms. The van der Waals surface area contributed by atoms with Crippen LogP contribution in [-0.4, -0.2) is 105 Å². The number of carbonyl (C=O) groups is 1. The van der Waals surface area contributed by atoms with E-state index in [0.717, 1.165) is 64.1 Å². The number of anilines is 2. The number of benzene rings is 4. The Hall–Kier alpha value is -5.59. The number of hydrazine groups is 1. The third-order valence-corrected chi connectivity index (χ3v) is 13.7. The van der Waals surface area contributed by atoms with E-state index in [0.29, 0.717) is 42.3 Å². The number of nitro groups is 1. The predicted octanol–water partition coefficient (Wildman–Crippen LogP) is 8.28. The minimum Gasteiger partial charge on any atom is -0.453 e. The van der Waals surface area contributed by atoms with Gasteiger partial charge in [-0.1, -0.05) is 43.2 Å². The maximum Gasteiger partial charge on any atom is 0.295 e. The Bertz CT molecular complexity index is 2700. The highest BCUT2D eigenvalue weighted by Gasteiger charge is 2.31. The molecule has 4 aromatic carbocycles. The van der Waals surface area contributed by atoms with Gasteiger partial charge in [0.15, 0.2) is 11.6 Å². The van der Waals surface area contributed by atoms with Crippen LogP contribution in [0.5, 0.6) is 11.5 Å². The Kier molecular flexibility index (Phi) is 12.5. The van der Waals surface area contributed by atoms with Crippen LogP contribution in [0.2, 0.25) is 5.02 Å². The maximum atomic E-state index is 15.5. The summed E-state index contributed by atoms with van der Waals surface area (Å²) in [6, 6.07) is 18.7. The van der Waals surface area contributed by atoms with E-state index in [1.165, 1.54) is 53.2 Å². The summed E-state index contributed by atoms with van der Waals surface area (Å²) in [6.07, 6.45) is 4.50. The number of sulfonamides is 1. The van der Waals surface area contributed by atoms with Gasteiger partial charge in [0.25, 0.3) is 21.6 Å². The molecule has 0 bridgehead atoms. The summed E-state index contributed by atoms with van der Waals surface area (Å²) in [6.45, 7) is 10.7. The Morgan fingerprint density at radius 1 is 0.921 bits per heavy atom. The molecule has 0 atom stereocenters. The summed E-state index contributed by atoms with van der Waals surface area (Å²) in [4.78, 5) is 34.1. The van der Waals surface area contributed by atoms with Crippen molar-refractivity contribution in [3.8, 4) is 11.5 Å². The highest BCUT2D eigenvalue weighted by molar-refractivity contribution is 7.90. The molecule has 1 aliphatic carbocycles. The van der Waals surface area contributed by atoms with Crippen molar-refractivity contribution in [2.75, 3.05) is 76.3 Å². The number of ether oxygens (including phenoxy) is 1. The molecule has 0 unspecified atom stereocenters. The zero-order chi connectivity index (χ0) is 44.6. The number of likely N-dealkylation sites (N-methyl/N-ethyl adjacent to an activating group) is 1. The number of amides is 1. The van der Waals surface area contributed by atoms with Crippen LogP contribution in [0.3, 0.4) is 0 Å². The van der Waals surface area contributed by atoms with Gasteiger partial charge in [-0.2, -0.15) is 4.39 Å². The average Bonchev–Trinajstić information content (AvgIpc) is 3.73. The predicted molar refractivity (Wildman–Crippen MR) is 240 cm³/mol. The topological polar surface area (TPSA) is 156 Å². The van der Waals surface area contributed by atoms with Crippen LogP contribution in [0.15, 0.2) is 89.5 Å². The number of nitrogens with zero attached hydrogens (tertiary/aromatic N) is 5. The minimum absolute atomic E-state index is 0.0673. The van der Waals surface area contributed by atoms with Gasteiger partial charge in [-0.3, -0.25) is 19.8 Å². The third kappa shape index (κ3) is 9.82. The van der Waals surface area contributed by atoms with E-state index >= 15 is 8.78 Å². The number of allylic oxidation sites excluding steroid dienone is 1. The molecule has 2 aliphatic heterocycles. The fourth-order valence-electron chi connectivity index (χ4n) is 8.43. The maximum absolute atomic E-state index is 15.5. The van der Waals surface area contributed by atoms with Gasteiger partial charge in [0.05, 0.1) is 20.9 Å². The van der Waals surface area contributed by atoms with Crippen molar-refractivity contribution in [3.63, 3.8) is 0 Å². The number of rotatable bonds is 12. The highest BCUT2D eigenvalue weighted by atomic mass is 35.5. The Morgan fingerprint density at radius 3 is 2.37 bits per heavy atom. The van der Waals surface area contributed by atoms with Crippen LogP contribution in [-0.2, 0) is 10.0 Å². The molecule has 8 rings (SSSR count). The lowest BCUT2D eigenvalue weighted by Crippen LogP contribution is -2.47. The molecule has 0 spiro atoms. The second kappa shape index (κ2) is 17.9. The monoisotopic (exact) mass is 902 g/mol. The van der Waals surface area contributed by atoms with Crippen molar-refractivity contribution >= 4 is 61.1 Å². The van der Waals surface area contributed by atoms with Crippen LogP contribution in [0.25, 0.3) is 16.5 Å². The smallest absolute Gasteiger partial charge is 0.295 e. The highest BCUT2D eigenvalue weighted by Crippen LogP contribution is 2.44. The lowest BCUT2D eigenvalue weighted by Gasteiger charge is -2.39. The number of carbonyl (C=O) groups excluding carboxylic acids is 1. The molecule has 0 radical (unpaired) electrons. The molecule has 5 aromatic rings. The van der Waals surface area contributed by atoms with Crippen molar-refractivity contribution in [1.29, 1.82) is 0 Å². The number of fused-ring (bicyclic) bond motifs is 1. The summed E-state index contributed by atoms with van der Waals surface area (Å²) in [5.74, 6) is -4.38. The molecule has 332 valence electrons. The Morgan fingerprint density at radius 2 is 1.65 bits per heavy atom. The summed E-state index contributed by atoms with van der Waals surface area (Å²) >= 11 is 6.22. The van der Waals surface area contributed by atoms with Gasteiger partial charge in [0.1, 0.15) is 11.4 Å². The summed E-state index contributed by atoms with van der Waals surface area (Å²) in [5, 5.41) is 14.9. The van der Waals surface area contributed by atoms with Crippen LogP contribution in [0, 0.1) is 27.2 Å². The summed E-state index contributed by atoms with van der Waals surface area (Å²) in [5.41, 5.74) is 6.99. The summed E-state index contributed by atoms with van der Waals surface area (Å²) in [7, 11) is -2.73. The van der Waals surface area contributed by atoms with Crippen LogP contribution >= 0.6 is 11.6 Å². The fourth-order valence-corrected chi connectivity index (χ4v) is 9.55. The minimum atomic E-state index is -4.70. The Balaban J connectivity index is 1.04. The van der Waals surface area contributed by atoms with Gasteiger partial charge in [0, 0.05) is 93.3 Å². The first-order valence-corrected chi connectivity index (χ1v) is 22.7. The van der Waals surface area contributed by atoms with E-state index in [9.17, 15) is 23.3 Å². The number of halogens is 3. The first-order valence-electron chi connectivity index (χ1n) is 20.8. The van der Waals surface area contributed by atoms with Crippen molar-refractivity contribution in [2.24, 2.45) is 5.41 Å². The van der Waals surface area contributed by atoms with Crippen molar-refractivity contribution < 1.29 is 31.7 Å². The van der Waals surface area contributed by atoms with Crippen LogP contribution in [0.1, 0.15) is 49.0 Å². The first kappa shape index (κ1) is 44.0. The van der Waals surface area contributed by atoms with Crippen molar-refractivity contribution in [3.05, 3.63) is 122 Å². The molecule has 1 amide bonds. The van der Waals surface area contributed by atoms with Gasteiger partial charge in [-0.25, -0.2) is 22.5 Å². The molecule has 3 heterocycles. The lowest BCUT2D eigenvalue weighted by molar-refractivity contribution is -0.384. The molecular formula is C45H49ClF2N8O6S. The number of hydrogen-bond acceptors (Lipinski definition) is 11. The van der Waals surface area contributed by atoms with Gasteiger partial charge >= 0.3 is 0 Å². The molecule has 3 aliphatic rings. The molecule has 18 heteroatoms. The van der Waals surface area contributed by atoms with E-state index in [2.05, 4.69) is 51.1 Å². The lowest BCUT2D eigenvalue weighted by atomic mass is 9.72. The van der Waals surface area contributed by atoms with E-state index < -0.39 is 48.8 Å². The third-order valence-electron chi connectivity index (χ3n) is 12.1. The van der Waals surface area contributed by atoms with E-state index in [-0.39, 0.29) is 27.9 Å². The summed E-state index contributed by atoms with van der Waals surface area (Å²) < 4.78 is 66.0. The number of aromatic nitrogens is 1. The second-order valence-corrected chi connectivity index (χ2v) is 19.3. The van der Waals surface area contributed by atoms with Gasteiger partial charge in [0.2, 0.25) is 5.82 Å². The van der Waals surface area contributed by atoms with Crippen LogP contribution in [0.4, 0.5) is 25.8 Å². The van der Waals surface area contributed by atoms with Crippen LogP contribution < -0.4 is 19.8 Å². The molecule has 2 saturated heterocycles. The quantitative estimate of drug-likeness (QED) is 0.0818. The molecule has 2 fully saturated rings. The fraction of sp³-hybridized carbons (Fsp3) is 0.356. The van der Waals surface area contributed by atoms with Gasteiger partial charge in [-0.15, -0.1) is 0 Å². The largest absolute Gasteiger partial charge is 0.453 e. The van der Waals surface area contributed by atoms with Gasteiger partial charge in [-0.05, 0) is 91.4 Å². The average molecular weight is 903 g/mol. The number of aromatic amines is 1. The number of hydrogen-bond donors (Lipinski definition) is 3. The normalized spacial score (nSPS) is 17.8. The van der Waals surface area contributed by atoms with E-state index in [4.69, 9.17) is 16.3 Å². The molecule has 0 saturated carbocycles. The standard InChI is InChI=1S/C45H49ClF2N8O6S/c1-45(2)14-12-31(36(27-45)29-4-6-32(46)7-5-29)28-53-18-20-54(21-19-53)33-8-10-35(39(25-33)62-40-24-30-13-15-49-43(30)42(48)41(40)47)44(57)51-63(60,61)34-9-11-37(38(26-34)56(58)59)50-55-22-16-52(3)17-23-55/h4-11,13,15,24-26,49-50H,12,14,16-23,27-28H2,1-3H3,(H,51,57). The number of H-pyrrole nitrogens is 1. The number of piperazine rings is 2. The van der Waals surface area contributed by atoms with E-state index in [1.807, 2.05) is 23.9 Å². The number of nitrogens with one attached hydrogen (secondary N) is 3. The zero-order valence-electron chi connectivity index (χ0n) is 35.2. The Labute approximate surface area is 369 Å². The SMILES string of the molecule is CN1CCN(Nc2ccc(S(=O)(=O)NC(=O)c3ccc(N4CCN(CC5=C(c6ccc(Cl)cc6)CC(C)(C)CC5)CC4)cc3Oc3cc4cc[nH]c4c(F)c3F)cc2[N+](=O)[O-])CC1. The molecular weight excluding hydrogens is 854 g/mol. The second-order valence-electron chi connectivity index (χ2n) is 17.2. The number of nitro benzene ring substituents is 1. The van der Waals surface area contributed by atoms with Crippen molar-refractivity contribution in [2.45, 2.75) is 38.0 Å². The molecule has 3 N–H and O–H groups in total. The zero-order valence-corrected chi connectivity index (χ0v) is 36.8. The molecule has 14 nitrogen and oxygen atoms in total. The molecule has 1 aromatic heterocycles. The first-order chi connectivity index (χ1) is 30.0.